The van der Waals surface area contributed by atoms with Gasteiger partial charge in [-0.15, -0.1) is 39.7 Å². The van der Waals surface area contributed by atoms with Gasteiger partial charge in [0.2, 0.25) is 0 Å². The summed E-state index contributed by atoms with van der Waals surface area (Å²) in [6.07, 6.45) is 0. The molecule has 0 heterocycles. The van der Waals surface area contributed by atoms with E-state index in [2.05, 4.69) is 67.7 Å². The fraction of sp³-hybridized carbons (Fsp3) is 0.286. The first kappa shape index (κ1) is 34.8. The Kier molecular flexibility index (Phi) is 17.6. The number of halogens is 2. The Hall–Kier alpha value is -1.32. The maximum Gasteiger partial charge on any atom is 4.00 e. The van der Waals surface area contributed by atoms with E-state index in [0.717, 1.165) is 20.6 Å². The Bertz CT molecular complexity index is 1070. The summed E-state index contributed by atoms with van der Waals surface area (Å²) in [7, 11) is 1.08. The van der Waals surface area contributed by atoms with E-state index in [4.69, 9.17) is 5.73 Å². The molecule has 0 fully saturated rings. The zero-order valence-corrected chi connectivity index (χ0v) is 25.7. The van der Waals surface area contributed by atoms with E-state index in [1.54, 1.807) is 0 Å². The van der Waals surface area contributed by atoms with Crippen molar-refractivity contribution < 1.29 is 55.8 Å². The number of hydrogen-bond donors (Lipinski definition) is 0. The fourth-order valence-corrected chi connectivity index (χ4v) is 3.72. The van der Waals surface area contributed by atoms with Crippen LogP contribution in [-0.2, 0) is 26.2 Å². The first-order chi connectivity index (χ1) is 14.8. The van der Waals surface area contributed by atoms with Crippen molar-refractivity contribution in [1.82, 2.24) is 0 Å². The molecule has 34 heavy (non-hydrogen) atoms. The third-order valence-corrected chi connectivity index (χ3v) is 5.12. The van der Waals surface area contributed by atoms with Crippen molar-refractivity contribution in [3.63, 3.8) is 0 Å². The smallest absolute Gasteiger partial charge is 1.00 e. The Balaban J connectivity index is 0. The predicted molar refractivity (Wildman–Crippen MR) is 138 cm³/mol. The van der Waals surface area contributed by atoms with Gasteiger partial charge in [-0.2, -0.15) is 0 Å². The Morgan fingerprint density at radius 2 is 1.09 bits per heavy atom. The van der Waals surface area contributed by atoms with Crippen LogP contribution in [0.2, 0.25) is 13.1 Å². The van der Waals surface area contributed by atoms with Crippen molar-refractivity contribution in [3.8, 4) is 0 Å². The molecule has 0 saturated carbocycles. The average Bonchev–Trinajstić information content (AvgIpc) is 3.13. The number of rotatable bonds is 3. The van der Waals surface area contributed by atoms with Crippen molar-refractivity contribution in [2.45, 2.75) is 52.6 Å². The summed E-state index contributed by atoms with van der Waals surface area (Å²) in [5.41, 5.74) is 9.92. The van der Waals surface area contributed by atoms with E-state index in [-0.39, 0.29) is 62.9 Å². The molecule has 0 aliphatic rings. The molecular weight excluding hydrogens is 557 g/mol. The molecule has 0 spiro atoms. The number of carbonyl (C=O) groups excluding carboxylic acids is 1. The van der Waals surface area contributed by atoms with Crippen LogP contribution in [0.3, 0.4) is 0 Å². The van der Waals surface area contributed by atoms with Gasteiger partial charge in [0.05, 0.1) is 5.91 Å². The topological polar surface area (TPSA) is 40.9 Å². The maximum absolute atomic E-state index is 11.4. The van der Waals surface area contributed by atoms with Gasteiger partial charge >= 0.3 is 26.2 Å². The summed E-state index contributed by atoms with van der Waals surface area (Å²) < 4.78 is 0. The minimum Gasteiger partial charge on any atom is -1.00 e. The van der Waals surface area contributed by atoms with Crippen LogP contribution in [0, 0.1) is 0 Å². The number of benzene rings is 3. The monoisotopic (exact) mass is 587 g/mol. The van der Waals surface area contributed by atoms with Crippen molar-refractivity contribution in [1.29, 1.82) is 0 Å². The zero-order valence-electron chi connectivity index (χ0n) is 20.7. The minimum atomic E-state index is -0.567. The molecule has 4 aromatic carbocycles. The molecule has 4 rings (SSSR count). The van der Waals surface area contributed by atoms with Crippen LogP contribution < -0.4 is 24.8 Å². The van der Waals surface area contributed by atoms with Crippen molar-refractivity contribution in [3.05, 3.63) is 95.2 Å². The van der Waals surface area contributed by atoms with Crippen LogP contribution >= 0.6 is 0 Å². The van der Waals surface area contributed by atoms with E-state index in [1.807, 2.05) is 45.9 Å². The van der Waals surface area contributed by atoms with Crippen LogP contribution in [0.5, 0.6) is 0 Å². The molecule has 0 atom stereocenters. The van der Waals surface area contributed by atoms with Gasteiger partial charge in [0.1, 0.15) is 0 Å². The zero-order chi connectivity index (χ0) is 23.0. The number of nitrogens with one attached hydrogen (secondary N) is 1. The SMILES string of the molecule is CC(C)c1cccc(C(C)C)c1C([NH-])=O.C[Si]C.[Cl-].[Cl-].[Zr+4].c1ccc2c(c1)[cH-]c1ccccc12. The molecule has 0 aliphatic carbocycles. The van der Waals surface area contributed by atoms with E-state index in [0.29, 0.717) is 5.56 Å². The molecule has 178 valence electrons. The van der Waals surface area contributed by atoms with Crippen LogP contribution in [-0.4, -0.2) is 15.4 Å². The van der Waals surface area contributed by atoms with E-state index >= 15 is 0 Å². The van der Waals surface area contributed by atoms with Gasteiger partial charge in [0, 0.05) is 15.1 Å². The second-order valence-corrected chi connectivity index (χ2v) is 9.27. The van der Waals surface area contributed by atoms with Gasteiger partial charge in [0.25, 0.3) is 0 Å². The molecule has 4 aromatic rings. The molecule has 2 radical (unpaired) electrons. The molecule has 0 aromatic heterocycles. The number of fused-ring (bicyclic) bond motifs is 3. The Morgan fingerprint density at radius 1 is 0.735 bits per heavy atom. The van der Waals surface area contributed by atoms with Crippen LogP contribution in [0.4, 0.5) is 0 Å². The quantitative estimate of drug-likeness (QED) is 0.268. The molecule has 1 amide bonds. The van der Waals surface area contributed by atoms with Gasteiger partial charge in [-0.05, 0) is 23.0 Å². The summed E-state index contributed by atoms with van der Waals surface area (Å²) in [5.74, 6) is 0.00370. The van der Waals surface area contributed by atoms with E-state index < -0.39 is 5.91 Å². The predicted octanol–water partition coefficient (Wildman–Crippen LogP) is 2.63. The van der Waals surface area contributed by atoms with E-state index in [9.17, 15) is 4.79 Å². The largest absolute Gasteiger partial charge is 4.00 e. The number of hydrogen-bond acceptors (Lipinski definition) is 1. The number of carbonyl (C=O) groups is 1. The van der Waals surface area contributed by atoms with Gasteiger partial charge in [-0.25, -0.2) is 0 Å². The Labute approximate surface area is 239 Å². The molecule has 1 N–H and O–H groups in total. The Morgan fingerprint density at radius 3 is 1.41 bits per heavy atom. The molecule has 0 unspecified atom stereocenters. The maximum atomic E-state index is 11.4. The minimum absolute atomic E-state index is 0. The van der Waals surface area contributed by atoms with E-state index in [1.165, 1.54) is 21.5 Å². The van der Waals surface area contributed by atoms with Crippen LogP contribution in [0.1, 0.15) is 61.0 Å². The summed E-state index contributed by atoms with van der Waals surface area (Å²) in [4.78, 5) is 11.4. The summed E-state index contributed by atoms with van der Waals surface area (Å²) in [6.45, 7) is 12.5. The van der Waals surface area contributed by atoms with Crippen molar-refractivity contribution in [2.75, 3.05) is 0 Å². The molecule has 0 bridgehead atoms. The molecule has 2 nitrogen and oxygen atoms in total. The standard InChI is InChI=1S/C13H19NO.C13H9.C2H6Si.2ClH.Zr/c1-8(2)10-6-5-7-11(9(3)4)12(10)13(14)15;1-3-7-12-10(5-1)9-11-6-2-4-8-13(11)12;1-3-2;;;/h5-9H,1-4H3,(H2,14,15);1-9H;1-2H3;2*1H;/q;-1;;;;+4/p-3. The molecule has 0 aliphatic heterocycles. The van der Waals surface area contributed by atoms with Crippen LogP contribution in [0.25, 0.3) is 27.3 Å². The average molecular weight is 590 g/mol. The van der Waals surface area contributed by atoms with Gasteiger partial charge in [-0.3, -0.25) is 0 Å². The first-order valence-electron chi connectivity index (χ1n) is 10.8. The summed E-state index contributed by atoms with van der Waals surface area (Å²) in [5, 5.41) is 5.39. The molecule has 6 heteroatoms. The summed E-state index contributed by atoms with van der Waals surface area (Å²) in [6, 6.07) is 25.1. The molecular formula is C28H33Cl2NOSiZr. The van der Waals surface area contributed by atoms with Crippen LogP contribution in [0.15, 0.2) is 72.8 Å². The van der Waals surface area contributed by atoms with Crippen molar-refractivity contribution >= 4 is 37.0 Å². The third kappa shape index (κ3) is 9.04. The number of amides is 1. The molecule has 0 saturated heterocycles. The normalized spacial score (nSPS) is 9.65. The summed E-state index contributed by atoms with van der Waals surface area (Å²) >= 11 is 0. The fourth-order valence-electron chi connectivity index (χ4n) is 3.72. The van der Waals surface area contributed by atoms with Crippen molar-refractivity contribution in [2.24, 2.45) is 0 Å². The second-order valence-electron chi connectivity index (χ2n) is 8.27. The second kappa shape index (κ2) is 17.2. The first-order valence-corrected chi connectivity index (χ1v) is 12.8. The third-order valence-electron chi connectivity index (χ3n) is 5.12. The van der Waals surface area contributed by atoms with Gasteiger partial charge < -0.3 is 35.3 Å². The van der Waals surface area contributed by atoms with Gasteiger partial charge in [-0.1, -0.05) is 95.4 Å². The van der Waals surface area contributed by atoms with Gasteiger partial charge in [0.15, 0.2) is 0 Å².